The third-order valence-electron chi connectivity index (χ3n) is 5.99. The average molecular weight is 380 g/mol. The van der Waals surface area contributed by atoms with Gasteiger partial charge in [-0.1, -0.05) is 43.3 Å². The lowest BCUT2D eigenvalue weighted by Crippen LogP contribution is -2.62. The number of nitrogens with zero attached hydrogens (tertiary/aromatic N) is 2. The summed E-state index contributed by atoms with van der Waals surface area (Å²) in [6.45, 7) is 7.38. The van der Waals surface area contributed by atoms with Crippen LogP contribution < -0.4 is 14.8 Å². The van der Waals surface area contributed by atoms with Gasteiger partial charge in [-0.3, -0.25) is 4.90 Å². The van der Waals surface area contributed by atoms with E-state index < -0.39 is 5.66 Å². The Morgan fingerprint density at radius 1 is 0.929 bits per heavy atom. The fraction of sp³-hybridized carbons (Fsp3) is 0.391. The van der Waals surface area contributed by atoms with Crippen LogP contribution in [0.15, 0.2) is 48.7 Å². The van der Waals surface area contributed by atoms with Crippen molar-refractivity contribution in [3.05, 3.63) is 65.4 Å². The number of hydrogen-bond acceptors (Lipinski definition) is 5. The number of rotatable bonds is 5. The van der Waals surface area contributed by atoms with Gasteiger partial charge >= 0.3 is 0 Å². The maximum Gasteiger partial charge on any atom is 0.168 e. The van der Waals surface area contributed by atoms with Gasteiger partial charge in [0.05, 0.1) is 14.2 Å². The summed E-state index contributed by atoms with van der Waals surface area (Å²) in [5.74, 6) is 1.53. The molecule has 2 aliphatic heterocycles. The molecule has 2 aromatic rings. The van der Waals surface area contributed by atoms with Crippen LogP contribution in [0.4, 0.5) is 0 Å². The van der Waals surface area contributed by atoms with Crippen molar-refractivity contribution >= 4 is 6.08 Å². The second-order valence-corrected chi connectivity index (χ2v) is 7.24. The van der Waals surface area contributed by atoms with Crippen molar-refractivity contribution in [3.8, 4) is 11.5 Å². The molecule has 28 heavy (non-hydrogen) atoms. The lowest BCUT2D eigenvalue weighted by Gasteiger charge is -2.50. The van der Waals surface area contributed by atoms with E-state index in [2.05, 4.69) is 64.6 Å². The van der Waals surface area contributed by atoms with Crippen molar-refractivity contribution in [1.29, 1.82) is 0 Å². The molecule has 0 saturated carbocycles. The molecule has 148 valence electrons. The van der Waals surface area contributed by atoms with Gasteiger partial charge in [-0.2, -0.15) is 0 Å². The number of ether oxygens (including phenoxy) is 2. The van der Waals surface area contributed by atoms with E-state index in [1.807, 2.05) is 12.1 Å². The van der Waals surface area contributed by atoms with Crippen molar-refractivity contribution in [3.63, 3.8) is 0 Å². The van der Waals surface area contributed by atoms with Crippen LogP contribution in [0.2, 0.25) is 0 Å². The Morgan fingerprint density at radius 2 is 1.68 bits per heavy atom. The second-order valence-electron chi connectivity index (χ2n) is 7.24. The van der Waals surface area contributed by atoms with Gasteiger partial charge in [0.25, 0.3) is 0 Å². The predicted molar refractivity (Wildman–Crippen MR) is 113 cm³/mol. The van der Waals surface area contributed by atoms with Crippen LogP contribution in [0.1, 0.15) is 23.6 Å². The zero-order valence-corrected chi connectivity index (χ0v) is 16.9. The van der Waals surface area contributed by atoms with E-state index in [1.54, 1.807) is 14.2 Å². The maximum atomic E-state index is 5.87. The number of fused-ring (bicyclic) bond motifs is 1. The molecular formula is C23H29N3O2. The fourth-order valence-corrected chi connectivity index (χ4v) is 4.53. The van der Waals surface area contributed by atoms with E-state index in [1.165, 1.54) is 11.1 Å². The van der Waals surface area contributed by atoms with Gasteiger partial charge in [-0.05, 0) is 30.5 Å². The molecule has 0 spiro atoms. The summed E-state index contributed by atoms with van der Waals surface area (Å²) in [6.07, 6.45) is 4.20. The minimum Gasteiger partial charge on any atom is -0.493 e. The number of likely N-dealkylation sites (N-methyl/N-ethyl adjacent to an activating group) is 1. The van der Waals surface area contributed by atoms with Gasteiger partial charge in [0, 0.05) is 37.3 Å². The van der Waals surface area contributed by atoms with Crippen LogP contribution in [0.25, 0.3) is 6.08 Å². The van der Waals surface area contributed by atoms with E-state index in [9.17, 15) is 0 Å². The molecule has 5 nitrogen and oxygen atoms in total. The summed E-state index contributed by atoms with van der Waals surface area (Å²) in [7, 11) is 3.41. The molecular weight excluding hydrogens is 350 g/mol. The maximum absolute atomic E-state index is 5.87. The minimum absolute atomic E-state index is 0.495. The van der Waals surface area contributed by atoms with Gasteiger partial charge in [-0.25, -0.2) is 0 Å². The highest BCUT2D eigenvalue weighted by Gasteiger charge is 2.45. The van der Waals surface area contributed by atoms with Crippen LogP contribution in [-0.4, -0.2) is 56.7 Å². The third-order valence-corrected chi connectivity index (χ3v) is 5.99. The van der Waals surface area contributed by atoms with E-state index in [4.69, 9.17) is 9.47 Å². The van der Waals surface area contributed by atoms with Gasteiger partial charge < -0.3 is 19.7 Å². The van der Waals surface area contributed by atoms with Crippen molar-refractivity contribution in [2.24, 2.45) is 0 Å². The number of nitrogens with one attached hydrogen (secondary N) is 1. The molecule has 0 bridgehead atoms. The molecule has 5 heteroatoms. The number of methoxy groups -OCH3 is 2. The minimum atomic E-state index is -0.495. The van der Waals surface area contributed by atoms with E-state index in [-0.39, 0.29) is 0 Å². The van der Waals surface area contributed by atoms with Gasteiger partial charge in [0.15, 0.2) is 11.5 Å². The first-order chi connectivity index (χ1) is 13.7. The second kappa shape index (κ2) is 7.86. The summed E-state index contributed by atoms with van der Waals surface area (Å²) in [4.78, 5) is 5.04. The number of hydrogen-bond donors (Lipinski definition) is 1. The Kier molecular flexibility index (Phi) is 5.29. The van der Waals surface area contributed by atoms with Gasteiger partial charge in [0.2, 0.25) is 0 Å². The first-order valence-electron chi connectivity index (χ1n) is 9.97. The Morgan fingerprint density at radius 3 is 2.39 bits per heavy atom. The monoisotopic (exact) mass is 379 g/mol. The molecule has 2 heterocycles. The first kappa shape index (κ1) is 18.8. The van der Waals surface area contributed by atoms with Crippen LogP contribution >= 0.6 is 0 Å². The Bertz CT molecular complexity index is 859. The normalized spacial score (nSPS) is 22.4. The first-order valence-corrected chi connectivity index (χ1v) is 9.97. The Balaban J connectivity index is 1.91. The summed E-state index contributed by atoms with van der Waals surface area (Å²) >= 11 is 0. The Labute approximate surface area is 167 Å². The van der Waals surface area contributed by atoms with Crippen molar-refractivity contribution in [2.45, 2.75) is 12.6 Å². The predicted octanol–water partition coefficient (Wildman–Crippen LogP) is 3.12. The highest BCUT2D eigenvalue weighted by molar-refractivity contribution is 5.64. The van der Waals surface area contributed by atoms with Crippen LogP contribution in [0.5, 0.6) is 11.5 Å². The van der Waals surface area contributed by atoms with Gasteiger partial charge in [0.1, 0.15) is 5.66 Å². The molecule has 1 fully saturated rings. The zero-order valence-electron chi connectivity index (χ0n) is 16.9. The molecule has 0 amide bonds. The Hall–Kier alpha value is -2.50. The zero-order chi connectivity index (χ0) is 19.6. The number of para-hydroxylation sites is 1. The molecule has 1 atom stereocenters. The van der Waals surface area contributed by atoms with Crippen molar-refractivity contribution < 1.29 is 9.47 Å². The molecule has 0 aromatic heterocycles. The largest absolute Gasteiger partial charge is 0.493 e. The summed E-state index contributed by atoms with van der Waals surface area (Å²) < 4.78 is 11.5. The molecule has 0 aliphatic carbocycles. The quantitative estimate of drug-likeness (QED) is 0.864. The lowest BCUT2D eigenvalue weighted by atomic mass is 9.83. The summed E-state index contributed by atoms with van der Waals surface area (Å²) in [5, 5.41) is 3.72. The topological polar surface area (TPSA) is 37.0 Å². The lowest BCUT2D eigenvalue weighted by molar-refractivity contribution is 0.0394. The van der Waals surface area contributed by atoms with Crippen molar-refractivity contribution in [1.82, 2.24) is 15.1 Å². The standard InChI is InChI=1S/C23H29N3O2/c1-4-25-14-16-26(17-15-25)23(19-9-6-5-8-18(19)12-13-24-23)20-10-7-11-21(27-2)22(20)28-3/h5-13,24H,4,14-17H2,1-3H3. The SMILES string of the molecule is CCN1CCN(C2(c3cccc(OC)c3OC)NC=Cc3ccccc32)CC1. The molecule has 1 saturated heterocycles. The molecule has 0 radical (unpaired) electrons. The van der Waals surface area contributed by atoms with Crippen LogP contribution in [0, 0.1) is 0 Å². The average Bonchev–Trinajstić information content (AvgIpc) is 2.78. The van der Waals surface area contributed by atoms with Crippen LogP contribution in [0.3, 0.4) is 0 Å². The van der Waals surface area contributed by atoms with E-state index in [0.29, 0.717) is 0 Å². The molecule has 2 aliphatic rings. The third kappa shape index (κ3) is 2.95. The summed E-state index contributed by atoms with van der Waals surface area (Å²) in [5.41, 5.74) is 3.06. The summed E-state index contributed by atoms with van der Waals surface area (Å²) in [6, 6.07) is 14.8. The highest BCUT2D eigenvalue weighted by Crippen LogP contribution is 2.45. The number of benzene rings is 2. The van der Waals surface area contributed by atoms with Gasteiger partial charge in [-0.15, -0.1) is 0 Å². The van der Waals surface area contributed by atoms with Crippen LogP contribution in [-0.2, 0) is 5.66 Å². The molecule has 1 N–H and O–H groups in total. The molecule has 4 rings (SSSR count). The van der Waals surface area contributed by atoms with E-state index >= 15 is 0 Å². The van der Waals surface area contributed by atoms with Crippen molar-refractivity contribution in [2.75, 3.05) is 46.9 Å². The molecule has 2 aromatic carbocycles. The number of piperazine rings is 1. The highest BCUT2D eigenvalue weighted by atomic mass is 16.5. The molecule has 1 unspecified atom stereocenters. The smallest absolute Gasteiger partial charge is 0.168 e. The van der Waals surface area contributed by atoms with E-state index in [0.717, 1.165) is 49.8 Å². The fourth-order valence-electron chi connectivity index (χ4n) is 4.53.